The van der Waals surface area contributed by atoms with Gasteiger partial charge in [0.1, 0.15) is 0 Å². The molecular formula is C11H9ClF3NO3. The minimum Gasteiger partial charge on any atom is -0.481 e. The number of carbonyl (C=O) groups is 2. The molecule has 0 saturated heterocycles. The van der Waals surface area contributed by atoms with Crippen LogP contribution in [0.3, 0.4) is 0 Å². The number of aliphatic carboxylic acids is 1. The van der Waals surface area contributed by atoms with Crippen molar-refractivity contribution in [3.63, 3.8) is 0 Å². The van der Waals surface area contributed by atoms with Gasteiger partial charge in [0.2, 0.25) is 0 Å². The van der Waals surface area contributed by atoms with Gasteiger partial charge in [0.15, 0.2) is 0 Å². The average molecular weight is 296 g/mol. The fraction of sp³-hybridized carbons (Fsp3) is 0.273. The van der Waals surface area contributed by atoms with E-state index in [0.717, 1.165) is 0 Å². The van der Waals surface area contributed by atoms with Crippen molar-refractivity contribution in [1.29, 1.82) is 0 Å². The summed E-state index contributed by atoms with van der Waals surface area (Å²) in [6, 6.07) is 5.58. The third kappa shape index (κ3) is 4.44. The molecule has 1 rings (SSSR count). The first kappa shape index (κ1) is 15.3. The van der Waals surface area contributed by atoms with Crippen molar-refractivity contribution in [1.82, 2.24) is 5.32 Å². The van der Waals surface area contributed by atoms with Crippen LogP contribution in [0.5, 0.6) is 0 Å². The number of amides is 1. The number of alkyl halides is 3. The predicted molar refractivity (Wildman–Crippen MR) is 60.9 cm³/mol. The lowest BCUT2D eigenvalue weighted by Crippen LogP contribution is -2.40. The summed E-state index contributed by atoms with van der Waals surface area (Å²) in [6.45, 7) is -0.657. The van der Waals surface area contributed by atoms with Crippen molar-refractivity contribution in [2.45, 2.75) is 12.1 Å². The van der Waals surface area contributed by atoms with Crippen LogP contribution in [-0.2, 0) is 9.59 Å². The minimum absolute atomic E-state index is 0.249. The summed E-state index contributed by atoms with van der Waals surface area (Å²) in [5.41, 5.74) is 0.249. The first-order valence-corrected chi connectivity index (χ1v) is 5.43. The first-order valence-electron chi connectivity index (χ1n) is 5.05. The summed E-state index contributed by atoms with van der Waals surface area (Å²) in [6.07, 6.45) is -5.04. The van der Waals surface area contributed by atoms with Crippen molar-refractivity contribution in [2.24, 2.45) is 0 Å². The highest BCUT2D eigenvalue weighted by Crippen LogP contribution is 2.19. The predicted octanol–water partition coefficient (Wildman–Crippen LogP) is 2.19. The van der Waals surface area contributed by atoms with Crippen LogP contribution < -0.4 is 5.32 Å². The van der Waals surface area contributed by atoms with Crippen LogP contribution in [0, 0.1) is 0 Å². The summed E-state index contributed by atoms with van der Waals surface area (Å²) in [7, 11) is 0. The molecule has 0 saturated carbocycles. The van der Waals surface area contributed by atoms with Crippen LogP contribution >= 0.6 is 11.6 Å². The molecule has 19 heavy (non-hydrogen) atoms. The first-order chi connectivity index (χ1) is 8.71. The molecule has 1 unspecified atom stereocenters. The fourth-order valence-corrected chi connectivity index (χ4v) is 1.46. The number of halogens is 4. The summed E-state index contributed by atoms with van der Waals surface area (Å²) in [4.78, 5) is 21.6. The van der Waals surface area contributed by atoms with Gasteiger partial charge in [-0.1, -0.05) is 23.7 Å². The maximum atomic E-state index is 12.0. The molecule has 1 aromatic rings. The van der Waals surface area contributed by atoms with Gasteiger partial charge in [-0.2, -0.15) is 13.2 Å². The number of hydrogen-bond acceptors (Lipinski definition) is 2. The number of benzene rings is 1. The van der Waals surface area contributed by atoms with Crippen LogP contribution in [0.25, 0.3) is 0 Å². The molecule has 0 radical (unpaired) electrons. The number of rotatable bonds is 4. The Balaban J connectivity index is 2.78. The van der Waals surface area contributed by atoms with E-state index in [1.165, 1.54) is 29.6 Å². The lowest BCUT2D eigenvalue weighted by molar-refractivity contribution is -0.173. The molecule has 2 N–H and O–H groups in total. The number of hydrogen-bond donors (Lipinski definition) is 2. The molecular weight excluding hydrogens is 287 g/mol. The van der Waals surface area contributed by atoms with Gasteiger partial charge in [-0.3, -0.25) is 9.59 Å². The fourth-order valence-electron chi connectivity index (χ4n) is 1.34. The van der Waals surface area contributed by atoms with Crippen molar-refractivity contribution >= 4 is 23.5 Å². The molecule has 104 valence electrons. The molecule has 0 aliphatic rings. The molecule has 0 aliphatic heterocycles. The number of nitrogens with one attached hydrogen (secondary N) is 1. The van der Waals surface area contributed by atoms with Crippen molar-refractivity contribution in [3.8, 4) is 0 Å². The van der Waals surface area contributed by atoms with Crippen LogP contribution in [-0.4, -0.2) is 29.7 Å². The topological polar surface area (TPSA) is 66.4 Å². The van der Waals surface area contributed by atoms with E-state index < -0.39 is 30.5 Å². The Kier molecular flexibility index (Phi) is 4.77. The van der Waals surface area contributed by atoms with E-state index in [0.29, 0.717) is 5.02 Å². The number of carbonyl (C=O) groups excluding carboxylic acids is 1. The second-order valence-corrected chi connectivity index (χ2v) is 4.09. The second kappa shape index (κ2) is 5.92. The van der Waals surface area contributed by atoms with Gasteiger partial charge in [-0.25, -0.2) is 0 Å². The van der Waals surface area contributed by atoms with E-state index in [2.05, 4.69) is 0 Å². The standard InChI is InChI=1S/C11H9ClF3NO3/c12-7-3-1-6(2-4-7)8(9(17)18)5-16-10(19)11(13,14)15/h1-4,8H,5H2,(H,16,19)(H,17,18). The number of carboxylic acids is 1. The molecule has 0 fully saturated rings. The minimum atomic E-state index is -5.04. The maximum Gasteiger partial charge on any atom is 0.471 e. The normalized spacial score (nSPS) is 12.8. The molecule has 8 heteroatoms. The SMILES string of the molecule is O=C(O)C(CNC(=O)C(F)(F)F)c1ccc(Cl)cc1. The highest BCUT2D eigenvalue weighted by atomic mass is 35.5. The second-order valence-electron chi connectivity index (χ2n) is 3.65. The lowest BCUT2D eigenvalue weighted by atomic mass is 9.99. The summed E-state index contributed by atoms with van der Waals surface area (Å²) >= 11 is 5.62. The van der Waals surface area contributed by atoms with E-state index in [9.17, 15) is 22.8 Å². The quantitative estimate of drug-likeness (QED) is 0.895. The van der Waals surface area contributed by atoms with Crippen molar-refractivity contribution in [3.05, 3.63) is 34.9 Å². The van der Waals surface area contributed by atoms with Crippen LogP contribution in [0.15, 0.2) is 24.3 Å². The van der Waals surface area contributed by atoms with Gasteiger partial charge < -0.3 is 10.4 Å². The molecule has 0 spiro atoms. The van der Waals surface area contributed by atoms with Gasteiger partial charge in [-0.15, -0.1) is 0 Å². The third-order valence-electron chi connectivity index (χ3n) is 2.29. The van der Waals surface area contributed by atoms with Gasteiger partial charge in [-0.05, 0) is 17.7 Å². The van der Waals surface area contributed by atoms with Gasteiger partial charge >= 0.3 is 18.1 Å². The van der Waals surface area contributed by atoms with Crippen LogP contribution in [0.4, 0.5) is 13.2 Å². The Morgan fingerprint density at radius 1 is 1.26 bits per heavy atom. The molecule has 4 nitrogen and oxygen atoms in total. The van der Waals surface area contributed by atoms with E-state index in [-0.39, 0.29) is 5.56 Å². The molecule has 0 aliphatic carbocycles. The van der Waals surface area contributed by atoms with E-state index in [4.69, 9.17) is 16.7 Å². The van der Waals surface area contributed by atoms with Crippen LogP contribution in [0.1, 0.15) is 11.5 Å². The molecule has 1 atom stereocenters. The zero-order valence-corrected chi connectivity index (χ0v) is 10.1. The summed E-state index contributed by atoms with van der Waals surface area (Å²) in [5.74, 6) is -4.79. The largest absolute Gasteiger partial charge is 0.481 e. The zero-order chi connectivity index (χ0) is 14.6. The highest BCUT2D eigenvalue weighted by Gasteiger charge is 2.39. The van der Waals surface area contributed by atoms with Gasteiger partial charge in [0, 0.05) is 11.6 Å². The smallest absolute Gasteiger partial charge is 0.471 e. The Morgan fingerprint density at radius 3 is 2.21 bits per heavy atom. The molecule has 0 aromatic heterocycles. The maximum absolute atomic E-state index is 12.0. The summed E-state index contributed by atoms with van der Waals surface area (Å²) in [5, 5.41) is 10.9. The highest BCUT2D eigenvalue weighted by molar-refractivity contribution is 6.30. The summed E-state index contributed by atoms with van der Waals surface area (Å²) < 4.78 is 35.9. The van der Waals surface area contributed by atoms with E-state index >= 15 is 0 Å². The molecule has 0 heterocycles. The van der Waals surface area contributed by atoms with E-state index in [1.807, 2.05) is 0 Å². The monoisotopic (exact) mass is 295 g/mol. The Labute approximate surface area is 111 Å². The Bertz CT molecular complexity index is 473. The average Bonchev–Trinajstić information content (AvgIpc) is 2.29. The van der Waals surface area contributed by atoms with Crippen molar-refractivity contribution in [2.75, 3.05) is 6.54 Å². The third-order valence-corrected chi connectivity index (χ3v) is 2.55. The van der Waals surface area contributed by atoms with Crippen LogP contribution in [0.2, 0.25) is 5.02 Å². The Morgan fingerprint density at radius 2 is 1.79 bits per heavy atom. The lowest BCUT2D eigenvalue weighted by Gasteiger charge is -2.14. The Hall–Kier alpha value is -1.76. The van der Waals surface area contributed by atoms with Crippen molar-refractivity contribution < 1.29 is 27.9 Å². The molecule has 1 amide bonds. The van der Waals surface area contributed by atoms with Gasteiger partial charge in [0.05, 0.1) is 5.92 Å². The van der Waals surface area contributed by atoms with E-state index in [1.54, 1.807) is 0 Å². The molecule has 1 aromatic carbocycles. The number of carboxylic acid groups (broad SMARTS) is 1. The zero-order valence-electron chi connectivity index (χ0n) is 9.37. The molecule has 0 bridgehead atoms. The van der Waals surface area contributed by atoms with Gasteiger partial charge in [0.25, 0.3) is 0 Å².